The van der Waals surface area contributed by atoms with Crippen LogP contribution in [0.4, 0.5) is 0 Å². The van der Waals surface area contributed by atoms with Crippen molar-refractivity contribution in [2.24, 2.45) is 0 Å². The SMILES string of the molecule is C=C/C=C/CCCC(=O)CCC/C=C/C(=O)OCC. The van der Waals surface area contributed by atoms with Crippen LogP contribution in [0.1, 0.15) is 45.4 Å². The first-order valence-electron chi connectivity index (χ1n) is 6.83. The number of ether oxygens (including phenoxy) is 1. The maximum Gasteiger partial charge on any atom is 0.330 e. The van der Waals surface area contributed by atoms with E-state index in [0.29, 0.717) is 19.4 Å². The third-order valence-electron chi connectivity index (χ3n) is 2.47. The van der Waals surface area contributed by atoms with Crippen molar-refractivity contribution < 1.29 is 14.3 Å². The Morgan fingerprint density at radius 3 is 2.32 bits per heavy atom. The fourth-order valence-corrected chi connectivity index (χ4v) is 1.52. The van der Waals surface area contributed by atoms with Gasteiger partial charge in [-0.05, 0) is 32.6 Å². The van der Waals surface area contributed by atoms with Crippen LogP contribution in [-0.2, 0) is 14.3 Å². The third-order valence-corrected chi connectivity index (χ3v) is 2.47. The zero-order chi connectivity index (χ0) is 14.3. The second-order valence-corrected chi connectivity index (χ2v) is 4.14. The van der Waals surface area contributed by atoms with Crippen LogP contribution in [-0.4, -0.2) is 18.4 Å². The first-order valence-corrected chi connectivity index (χ1v) is 6.83. The lowest BCUT2D eigenvalue weighted by Gasteiger charge is -1.98. The highest BCUT2D eigenvalue weighted by Gasteiger charge is 2.00. The van der Waals surface area contributed by atoms with Gasteiger partial charge in [-0.2, -0.15) is 0 Å². The minimum absolute atomic E-state index is 0.288. The molecule has 0 unspecified atom stereocenters. The molecule has 0 rings (SSSR count). The molecule has 3 heteroatoms. The summed E-state index contributed by atoms with van der Waals surface area (Å²) < 4.78 is 4.75. The lowest BCUT2D eigenvalue weighted by atomic mass is 10.1. The topological polar surface area (TPSA) is 43.4 Å². The molecule has 0 aliphatic heterocycles. The Labute approximate surface area is 116 Å². The van der Waals surface area contributed by atoms with E-state index in [4.69, 9.17) is 4.74 Å². The molecule has 0 bridgehead atoms. The first-order chi connectivity index (χ1) is 9.20. The zero-order valence-electron chi connectivity index (χ0n) is 11.8. The van der Waals surface area contributed by atoms with Gasteiger partial charge in [-0.1, -0.05) is 30.9 Å². The molecule has 0 aromatic carbocycles. The molecule has 3 nitrogen and oxygen atoms in total. The Balaban J connectivity index is 3.50. The molecule has 0 aliphatic carbocycles. The van der Waals surface area contributed by atoms with E-state index >= 15 is 0 Å². The van der Waals surface area contributed by atoms with E-state index in [1.54, 1.807) is 19.1 Å². The van der Waals surface area contributed by atoms with E-state index in [1.165, 1.54) is 6.08 Å². The highest BCUT2D eigenvalue weighted by atomic mass is 16.5. The van der Waals surface area contributed by atoms with E-state index in [1.807, 2.05) is 12.2 Å². The summed E-state index contributed by atoms with van der Waals surface area (Å²) in [7, 11) is 0. The fraction of sp³-hybridized carbons (Fsp3) is 0.500. The van der Waals surface area contributed by atoms with E-state index in [9.17, 15) is 9.59 Å². The van der Waals surface area contributed by atoms with Gasteiger partial charge < -0.3 is 4.74 Å². The molecule has 0 aromatic rings. The average Bonchev–Trinajstić information content (AvgIpc) is 2.38. The van der Waals surface area contributed by atoms with E-state index in [2.05, 4.69) is 6.58 Å². The lowest BCUT2D eigenvalue weighted by Crippen LogP contribution is -1.99. The van der Waals surface area contributed by atoms with Gasteiger partial charge in [-0.15, -0.1) is 0 Å². The highest BCUT2D eigenvalue weighted by molar-refractivity contribution is 5.81. The predicted molar refractivity (Wildman–Crippen MR) is 77.8 cm³/mol. The minimum Gasteiger partial charge on any atom is -0.463 e. The van der Waals surface area contributed by atoms with Gasteiger partial charge in [0.05, 0.1) is 6.61 Å². The van der Waals surface area contributed by atoms with Crippen molar-refractivity contribution in [2.45, 2.75) is 45.4 Å². The van der Waals surface area contributed by atoms with Crippen LogP contribution in [0.5, 0.6) is 0 Å². The maximum atomic E-state index is 11.5. The number of carbonyl (C=O) groups excluding carboxylic acids is 2. The van der Waals surface area contributed by atoms with Gasteiger partial charge in [0.2, 0.25) is 0 Å². The highest BCUT2D eigenvalue weighted by Crippen LogP contribution is 2.05. The largest absolute Gasteiger partial charge is 0.463 e. The molecule has 0 radical (unpaired) electrons. The lowest BCUT2D eigenvalue weighted by molar-refractivity contribution is -0.137. The molecule has 0 aromatic heterocycles. The summed E-state index contributed by atoms with van der Waals surface area (Å²) in [6, 6.07) is 0. The summed E-state index contributed by atoms with van der Waals surface area (Å²) in [5.41, 5.74) is 0. The van der Waals surface area contributed by atoms with Crippen LogP contribution in [0.25, 0.3) is 0 Å². The van der Waals surface area contributed by atoms with E-state index in [0.717, 1.165) is 25.7 Å². The quantitative estimate of drug-likeness (QED) is 0.247. The number of carbonyl (C=O) groups is 2. The summed E-state index contributed by atoms with van der Waals surface area (Å²) >= 11 is 0. The van der Waals surface area contributed by atoms with Gasteiger partial charge in [-0.3, -0.25) is 4.79 Å². The summed E-state index contributed by atoms with van der Waals surface area (Å²) in [6.07, 6.45) is 13.4. The molecule has 0 fully saturated rings. The Morgan fingerprint density at radius 1 is 1.11 bits per heavy atom. The number of rotatable bonds is 11. The molecular weight excluding hydrogens is 240 g/mol. The molecule has 0 saturated heterocycles. The Morgan fingerprint density at radius 2 is 1.74 bits per heavy atom. The minimum atomic E-state index is -0.317. The number of hydrogen-bond donors (Lipinski definition) is 0. The standard InChI is InChI=1S/C16H24O3/c1-3-5-6-7-9-12-15(17)13-10-8-11-14-16(18)19-4-2/h3,5-6,11,14H,1,4,7-10,12-13H2,2H3/b6-5+,14-11+. The van der Waals surface area contributed by atoms with E-state index in [-0.39, 0.29) is 11.8 Å². The monoisotopic (exact) mass is 264 g/mol. The average molecular weight is 264 g/mol. The van der Waals surface area contributed by atoms with Gasteiger partial charge in [0.1, 0.15) is 5.78 Å². The first kappa shape index (κ1) is 17.4. The van der Waals surface area contributed by atoms with Crippen molar-refractivity contribution >= 4 is 11.8 Å². The summed E-state index contributed by atoms with van der Waals surface area (Å²) in [5.74, 6) is -0.0284. The molecule has 0 N–H and O–H groups in total. The number of esters is 1. The van der Waals surface area contributed by atoms with Crippen molar-refractivity contribution in [3.05, 3.63) is 37.0 Å². The molecule has 0 heterocycles. The van der Waals surface area contributed by atoms with Crippen molar-refractivity contribution in [3.8, 4) is 0 Å². The third kappa shape index (κ3) is 12.6. The summed E-state index contributed by atoms with van der Waals surface area (Å²) in [5, 5.41) is 0. The summed E-state index contributed by atoms with van der Waals surface area (Å²) in [4.78, 5) is 22.5. The Hall–Kier alpha value is -1.64. The number of hydrogen-bond acceptors (Lipinski definition) is 3. The Kier molecular flexibility index (Phi) is 11.7. The van der Waals surface area contributed by atoms with Crippen molar-refractivity contribution in [1.82, 2.24) is 0 Å². The fourth-order valence-electron chi connectivity index (χ4n) is 1.52. The van der Waals surface area contributed by atoms with Crippen LogP contribution in [0.3, 0.4) is 0 Å². The number of Topliss-reactive ketones (excluding diaryl/α,β-unsaturated/α-hetero) is 1. The zero-order valence-corrected chi connectivity index (χ0v) is 11.8. The molecule has 0 atom stereocenters. The number of ketones is 1. The van der Waals surface area contributed by atoms with Gasteiger partial charge in [0, 0.05) is 18.9 Å². The van der Waals surface area contributed by atoms with Crippen LogP contribution < -0.4 is 0 Å². The number of unbranched alkanes of at least 4 members (excludes halogenated alkanes) is 2. The van der Waals surface area contributed by atoms with Crippen molar-refractivity contribution in [3.63, 3.8) is 0 Å². The van der Waals surface area contributed by atoms with Crippen molar-refractivity contribution in [1.29, 1.82) is 0 Å². The van der Waals surface area contributed by atoms with Crippen LogP contribution in [0.2, 0.25) is 0 Å². The molecular formula is C16H24O3. The molecule has 0 aliphatic rings. The van der Waals surface area contributed by atoms with E-state index < -0.39 is 0 Å². The van der Waals surface area contributed by atoms with Crippen LogP contribution >= 0.6 is 0 Å². The molecule has 106 valence electrons. The maximum absolute atomic E-state index is 11.5. The van der Waals surface area contributed by atoms with Gasteiger partial charge >= 0.3 is 5.97 Å². The normalized spacial score (nSPS) is 11.0. The van der Waals surface area contributed by atoms with Gasteiger partial charge in [0.15, 0.2) is 0 Å². The van der Waals surface area contributed by atoms with Crippen molar-refractivity contribution in [2.75, 3.05) is 6.61 Å². The molecule has 0 amide bonds. The Bertz CT molecular complexity index is 327. The number of allylic oxidation sites excluding steroid dienone is 4. The molecule has 19 heavy (non-hydrogen) atoms. The molecule has 0 saturated carbocycles. The van der Waals surface area contributed by atoms with Crippen LogP contribution in [0, 0.1) is 0 Å². The summed E-state index contributed by atoms with van der Waals surface area (Å²) in [6.45, 7) is 5.75. The van der Waals surface area contributed by atoms with Gasteiger partial charge in [-0.25, -0.2) is 4.79 Å². The second kappa shape index (κ2) is 12.8. The van der Waals surface area contributed by atoms with Crippen LogP contribution in [0.15, 0.2) is 37.0 Å². The predicted octanol–water partition coefficient (Wildman–Crippen LogP) is 3.76. The van der Waals surface area contributed by atoms with Gasteiger partial charge in [0.25, 0.3) is 0 Å². The molecule has 0 spiro atoms. The smallest absolute Gasteiger partial charge is 0.330 e. The second-order valence-electron chi connectivity index (χ2n) is 4.14.